The van der Waals surface area contributed by atoms with Crippen molar-refractivity contribution in [1.82, 2.24) is 4.90 Å². The van der Waals surface area contributed by atoms with E-state index in [0.717, 1.165) is 5.56 Å². The summed E-state index contributed by atoms with van der Waals surface area (Å²) >= 11 is 0. The molecule has 1 aromatic rings. The van der Waals surface area contributed by atoms with Gasteiger partial charge in [-0.2, -0.15) is 0 Å². The number of likely N-dealkylation sites (tertiary alicyclic amines) is 1. The first-order chi connectivity index (χ1) is 10.0. The zero-order valence-corrected chi connectivity index (χ0v) is 12.2. The van der Waals surface area contributed by atoms with E-state index in [1.807, 2.05) is 30.3 Å². The van der Waals surface area contributed by atoms with Crippen LogP contribution >= 0.6 is 0 Å². The molecule has 5 nitrogen and oxygen atoms in total. The minimum atomic E-state index is -1.42. The normalized spacial score (nSPS) is 22.2. The summed E-state index contributed by atoms with van der Waals surface area (Å²) in [6.45, 7) is 2.40. The molecule has 5 heteroatoms. The summed E-state index contributed by atoms with van der Waals surface area (Å²) in [4.78, 5) is 25.4. The van der Waals surface area contributed by atoms with Crippen molar-refractivity contribution >= 4 is 11.9 Å². The highest BCUT2D eigenvalue weighted by atomic mass is 16.5. The second-order valence-corrected chi connectivity index (χ2v) is 5.33. The van der Waals surface area contributed by atoms with Crippen molar-refractivity contribution in [3.63, 3.8) is 0 Å². The third-order valence-corrected chi connectivity index (χ3v) is 3.67. The largest absolute Gasteiger partial charge is 0.465 e. The molecule has 0 bridgehead atoms. The van der Waals surface area contributed by atoms with Crippen LogP contribution in [0.3, 0.4) is 0 Å². The smallest absolute Gasteiger partial charge is 0.325 e. The van der Waals surface area contributed by atoms with Gasteiger partial charge in [-0.05, 0) is 25.3 Å². The number of aliphatic hydroxyl groups is 1. The maximum absolute atomic E-state index is 12.5. The van der Waals surface area contributed by atoms with Gasteiger partial charge in [-0.25, -0.2) is 0 Å². The molecular weight excluding hydrogens is 270 g/mol. The lowest BCUT2D eigenvalue weighted by Crippen LogP contribution is -2.55. The first-order valence-electron chi connectivity index (χ1n) is 7.26. The number of hydrogen-bond donors (Lipinski definition) is 1. The van der Waals surface area contributed by atoms with Crippen LogP contribution in [0.5, 0.6) is 0 Å². The number of carbonyl (C=O) groups is 2. The summed E-state index contributed by atoms with van der Waals surface area (Å²) in [7, 11) is 0. The molecule has 1 fully saturated rings. The number of piperidine rings is 1. The third kappa shape index (κ3) is 3.82. The molecule has 1 aliphatic heterocycles. The van der Waals surface area contributed by atoms with Gasteiger partial charge < -0.3 is 14.7 Å². The Morgan fingerprint density at radius 1 is 1.38 bits per heavy atom. The molecule has 1 aromatic carbocycles. The fourth-order valence-corrected chi connectivity index (χ4v) is 2.68. The van der Waals surface area contributed by atoms with Crippen LogP contribution in [0.4, 0.5) is 0 Å². The second kappa shape index (κ2) is 6.72. The lowest BCUT2D eigenvalue weighted by Gasteiger charge is -2.37. The summed E-state index contributed by atoms with van der Waals surface area (Å²) in [6.07, 6.45) is 1.36. The highest BCUT2D eigenvalue weighted by molar-refractivity contribution is 5.89. The Kier molecular flexibility index (Phi) is 4.96. The predicted molar refractivity (Wildman–Crippen MR) is 77.5 cm³/mol. The average molecular weight is 291 g/mol. The minimum absolute atomic E-state index is 0.0935. The van der Waals surface area contributed by atoms with Crippen LogP contribution in [-0.2, 0) is 20.7 Å². The van der Waals surface area contributed by atoms with Gasteiger partial charge >= 0.3 is 5.97 Å². The molecule has 114 valence electrons. The zero-order valence-electron chi connectivity index (χ0n) is 12.2. The van der Waals surface area contributed by atoms with Gasteiger partial charge in [0.25, 0.3) is 5.91 Å². The van der Waals surface area contributed by atoms with E-state index in [2.05, 4.69) is 0 Å². The fourth-order valence-electron chi connectivity index (χ4n) is 2.68. The number of nitrogens with zero attached hydrogens (tertiary/aromatic N) is 1. The molecule has 0 aromatic heterocycles. The van der Waals surface area contributed by atoms with Crippen molar-refractivity contribution in [2.45, 2.75) is 31.8 Å². The molecule has 1 heterocycles. The summed E-state index contributed by atoms with van der Waals surface area (Å²) in [5, 5.41) is 10.7. The van der Waals surface area contributed by atoms with Crippen molar-refractivity contribution in [2.24, 2.45) is 0 Å². The van der Waals surface area contributed by atoms with Crippen LogP contribution in [0.25, 0.3) is 0 Å². The number of hydrogen-bond acceptors (Lipinski definition) is 4. The van der Waals surface area contributed by atoms with E-state index in [1.54, 1.807) is 6.92 Å². The fraction of sp³-hybridized carbons (Fsp3) is 0.500. The van der Waals surface area contributed by atoms with Crippen molar-refractivity contribution in [1.29, 1.82) is 0 Å². The summed E-state index contributed by atoms with van der Waals surface area (Å²) < 4.78 is 4.86. The molecule has 21 heavy (non-hydrogen) atoms. The van der Waals surface area contributed by atoms with Crippen molar-refractivity contribution in [3.8, 4) is 0 Å². The number of benzene rings is 1. The Labute approximate surface area is 124 Å². The monoisotopic (exact) mass is 291 g/mol. The Balaban J connectivity index is 2.06. The number of amides is 1. The van der Waals surface area contributed by atoms with Gasteiger partial charge in [0.15, 0.2) is 0 Å². The van der Waals surface area contributed by atoms with Crippen molar-refractivity contribution in [3.05, 3.63) is 35.9 Å². The molecule has 1 amide bonds. The molecule has 1 N–H and O–H groups in total. The molecule has 1 aliphatic rings. The van der Waals surface area contributed by atoms with E-state index in [1.165, 1.54) is 4.90 Å². The Morgan fingerprint density at radius 3 is 2.76 bits per heavy atom. The molecule has 1 saturated heterocycles. The first kappa shape index (κ1) is 15.5. The Bertz CT molecular complexity index is 502. The molecule has 0 spiro atoms. The molecule has 1 atom stereocenters. The lowest BCUT2D eigenvalue weighted by molar-refractivity contribution is -0.162. The minimum Gasteiger partial charge on any atom is -0.465 e. The highest BCUT2D eigenvalue weighted by Gasteiger charge is 2.42. The Morgan fingerprint density at radius 2 is 2.10 bits per heavy atom. The average Bonchev–Trinajstić information content (AvgIpc) is 2.45. The lowest BCUT2D eigenvalue weighted by atomic mass is 9.85. The quantitative estimate of drug-likeness (QED) is 0.826. The summed E-state index contributed by atoms with van der Waals surface area (Å²) in [5.41, 5.74) is -0.516. The number of esters is 1. The maximum Gasteiger partial charge on any atom is 0.325 e. The molecular formula is C16H21NO4. The molecule has 0 unspecified atom stereocenters. The molecule has 0 saturated carbocycles. The number of ether oxygens (including phenoxy) is 1. The molecule has 0 aliphatic carbocycles. The van der Waals surface area contributed by atoms with E-state index >= 15 is 0 Å². The van der Waals surface area contributed by atoms with E-state index in [0.29, 0.717) is 19.4 Å². The number of rotatable bonds is 5. The summed E-state index contributed by atoms with van der Waals surface area (Å²) in [6, 6.07) is 9.42. The highest BCUT2D eigenvalue weighted by Crippen LogP contribution is 2.26. The number of carbonyl (C=O) groups excluding carboxylic acids is 2. The van der Waals surface area contributed by atoms with Crippen LogP contribution < -0.4 is 0 Å². The third-order valence-electron chi connectivity index (χ3n) is 3.67. The zero-order chi connectivity index (χ0) is 15.3. The van der Waals surface area contributed by atoms with E-state index in [4.69, 9.17) is 4.74 Å². The standard InChI is InChI=1S/C16H21NO4/c1-2-21-14(18)12-17-10-6-9-16(20,15(17)19)11-13-7-4-3-5-8-13/h3-5,7-8,20H,2,6,9-12H2,1H3/t16-/m1/s1. The van der Waals surface area contributed by atoms with Gasteiger partial charge in [0.2, 0.25) is 0 Å². The van der Waals surface area contributed by atoms with Gasteiger partial charge in [-0.15, -0.1) is 0 Å². The van der Waals surface area contributed by atoms with Crippen LogP contribution in [0.1, 0.15) is 25.3 Å². The molecule has 2 rings (SSSR count). The van der Waals surface area contributed by atoms with Crippen LogP contribution in [-0.4, -0.2) is 47.2 Å². The van der Waals surface area contributed by atoms with Gasteiger partial charge in [-0.3, -0.25) is 9.59 Å². The Hall–Kier alpha value is -1.88. The second-order valence-electron chi connectivity index (χ2n) is 5.33. The van der Waals surface area contributed by atoms with E-state index < -0.39 is 11.6 Å². The van der Waals surface area contributed by atoms with Gasteiger partial charge in [0.1, 0.15) is 12.1 Å². The predicted octanol–water partition coefficient (Wildman–Crippen LogP) is 1.15. The topological polar surface area (TPSA) is 66.8 Å². The van der Waals surface area contributed by atoms with Gasteiger partial charge in [0.05, 0.1) is 6.61 Å². The van der Waals surface area contributed by atoms with Gasteiger partial charge in [0, 0.05) is 13.0 Å². The summed E-state index contributed by atoms with van der Waals surface area (Å²) in [5.74, 6) is -0.819. The molecule has 0 radical (unpaired) electrons. The van der Waals surface area contributed by atoms with Crippen LogP contribution in [0, 0.1) is 0 Å². The maximum atomic E-state index is 12.5. The van der Waals surface area contributed by atoms with Crippen LogP contribution in [0.15, 0.2) is 30.3 Å². The van der Waals surface area contributed by atoms with E-state index in [-0.39, 0.29) is 25.5 Å². The first-order valence-corrected chi connectivity index (χ1v) is 7.26. The SMILES string of the molecule is CCOC(=O)CN1CCC[C@@](O)(Cc2ccccc2)C1=O. The van der Waals surface area contributed by atoms with Crippen molar-refractivity contribution < 1.29 is 19.4 Å². The van der Waals surface area contributed by atoms with E-state index in [9.17, 15) is 14.7 Å². The van der Waals surface area contributed by atoms with Gasteiger partial charge in [-0.1, -0.05) is 30.3 Å². The van der Waals surface area contributed by atoms with Crippen LogP contribution in [0.2, 0.25) is 0 Å². The van der Waals surface area contributed by atoms with Crippen molar-refractivity contribution in [2.75, 3.05) is 19.7 Å².